The number of hydrogen-bond donors (Lipinski definition) is 1. The predicted octanol–water partition coefficient (Wildman–Crippen LogP) is 1.53. The molecule has 0 radical (unpaired) electrons. The molecule has 0 spiro atoms. The quantitative estimate of drug-likeness (QED) is 0.792. The number of esters is 1. The van der Waals surface area contributed by atoms with Crippen LogP contribution in [0.15, 0.2) is 0 Å². The third-order valence-electron chi connectivity index (χ3n) is 1.80. The lowest BCUT2D eigenvalue weighted by Crippen LogP contribution is -2.48. The Kier molecular flexibility index (Phi) is 5.60. The molecular weight excluding hydrogens is 259 g/mol. The van der Waals surface area contributed by atoms with Gasteiger partial charge in [0.05, 0.1) is 29.3 Å². The normalized spacial score (nSPS) is 16.4. The molecule has 1 N–H and O–H groups in total. The molecule has 2 atom stereocenters. The van der Waals surface area contributed by atoms with Crippen molar-refractivity contribution in [3.8, 4) is 0 Å². The Morgan fingerprint density at radius 1 is 1.35 bits per heavy atom. The summed E-state index contributed by atoms with van der Waals surface area (Å²) in [6, 6.07) is -2.17. The molecule has 0 bridgehead atoms. The zero-order valence-corrected chi connectivity index (χ0v) is 10.9. The summed E-state index contributed by atoms with van der Waals surface area (Å²) >= 11 is 0. The van der Waals surface area contributed by atoms with Crippen LogP contribution in [0.3, 0.4) is 0 Å². The zero-order chi connectivity index (χ0) is 13.9. The Morgan fingerprint density at radius 2 is 1.82 bits per heavy atom. The van der Waals surface area contributed by atoms with Gasteiger partial charge >= 0.3 is 12.1 Å². The van der Waals surface area contributed by atoms with Crippen LogP contribution in [-0.2, 0) is 20.5 Å². The molecule has 0 aromatic rings. The van der Waals surface area contributed by atoms with Crippen molar-refractivity contribution in [1.29, 1.82) is 0 Å². The van der Waals surface area contributed by atoms with E-state index in [4.69, 9.17) is 0 Å². The van der Waals surface area contributed by atoms with Crippen molar-refractivity contribution in [1.82, 2.24) is 4.72 Å². The fourth-order valence-electron chi connectivity index (χ4n) is 0.780. The standard InChI is InChI=1S/C9H16F3NO3S/c1-8(2,3)17(15)13-6(9(10,11)12)5-7(14)16-4/h6,13H,5H2,1-4H3/t6-,17?/m0/s1. The van der Waals surface area contributed by atoms with Crippen LogP contribution >= 0.6 is 0 Å². The van der Waals surface area contributed by atoms with E-state index in [9.17, 15) is 22.2 Å². The maximum absolute atomic E-state index is 12.6. The number of hydrogen-bond acceptors (Lipinski definition) is 3. The summed E-state index contributed by atoms with van der Waals surface area (Å²) in [5.74, 6) is -1.01. The smallest absolute Gasteiger partial charge is 0.405 e. The van der Waals surface area contributed by atoms with Crippen molar-refractivity contribution < 1.29 is 26.9 Å². The molecule has 0 aromatic carbocycles. The SMILES string of the molecule is COC(=O)C[C@H](NS(=O)C(C)(C)C)C(F)(F)F. The third-order valence-corrected chi connectivity index (χ3v) is 3.41. The van der Waals surface area contributed by atoms with Gasteiger partial charge in [0.15, 0.2) is 0 Å². The van der Waals surface area contributed by atoms with Crippen LogP contribution in [0, 0.1) is 0 Å². The number of alkyl halides is 3. The maximum atomic E-state index is 12.6. The highest BCUT2D eigenvalue weighted by Gasteiger charge is 2.43. The van der Waals surface area contributed by atoms with E-state index in [2.05, 4.69) is 4.74 Å². The minimum absolute atomic E-state index is 0.848. The summed E-state index contributed by atoms with van der Waals surface area (Å²) in [4.78, 5) is 10.8. The summed E-state index contributed by atoms with van der Waals surface area (Å²) in [5.41, 5.74) is 0. The third kappa shape index (κ3) is 6.02. The van der Waals surface area contributed by atoms with E-state index in [1.807, 2.05) is 4.72 Å². The lowest BCUT2D eigenvalue weighted by Gasteiger charge is -2.25. The van der Waals surface area contributed by atoms with Crippen molar-refractivity contribution in [2.24, 2.45) is 0 Å². The number of methoxy groups -OCH3 is 1. The van der Waals surface area contributed by atoms with Crippen LogP contribution in [-0.4, -0.2) is 34.3 Å². The van der Waals surface area contributed by atoms with Crippen molar-refractivity contribution in [2.45, 2.75) is 44.2 Å². The van der Waals surface area contributed by atoms with Gasteiger partial charge in [-0.2, -0.15) is 13.2 Å². The van der Waals surface area contributed by atoms with Gasteiger partial charge in [0.2, 0.25) is 0 Å². The molecule has 0 fully saturated rings. The van der Waals surface area contributed by atoms with Crippen LogP contribution in [0.5, 0.6) is 0 Å². The Hall–Kier alpha value is -0.630. The average Bonchev–Trinajstić information content (AvgIpc) is 2.13. The van der Waals surface area contributed by atoms with E-state index in [0.717, 1.165) is 7.11 Å². The lowest BCUT2D eigenvalue weighted by molar-refractivity contribution is -0.165. The molecule has 0 heterocycles. The molecule has 8 heteroatoms. The Morgan fingerprint density at radius 3 is 2.12 bits per heavy atom. The molecule has 0 rings (SSSR count). The number of carbonyl (C=O) groups excluding carboxylic acids is 1. The van der Waals surface area contributed by atoms with E-state index in [1.54, 1.807) is 0 Å². The van der Waals surface area contributed by atoms with Crippen LogP contribution in [0.2, 0.25) is 0 Å². The Labute approximate surface area is 100 Å². The van der Waals surface area contributed by atoms with Crippen molar-refractivity contribution in [3.63, 3.8) is 0 Å². The first-order valence-electron chi connectivity index (χ1n) is 4.80. The van der Waals surface area contributed by atoms with E-state index in [1.165, 1.54) is 20.8 Å². The average molecular weight is 275 g/mol. The number of rotatable bonds is 4. The minimum atomic E-state index is -4.66. The molecule has 0 amide bonds. The topological polar surface area (TPSA) is 55.4 Å². The van der Waals surface area contributed by atoms with Gasteiger partial charge in [-0.1, -0.05) is 0 Å². The van der Waals surface area contributed by atoms with E-state index >= 15 is 0 Å². The summed E-state index contributed by atoms with van der Waals surface area (Å²) in [6.45, 7) is 4.59. The first-order valence-corrected chi connectivity index (χ1v) is 5.95. The van der Waals surface area contributed by atoms with E-state index in [0.29, 0.717) is 0 Å². The fraction of sp³-hybridized carbons (Fsp3) is 0.889. The van der Waals surface area contributed by atoms with E-state index in [-0.39, 0.29) is 0 Å². The summed E-state index contributed by atoms with van der Waals surface area (Å²) in [6.07, 6.45) is -5.56. The largest absolute Gasteiger partial charge is 0.469 e. The first kappa shape index (κ1) is 16.4. The maximum Gasteiger partial charge on any atom is 0.405 e. The molecule has 0 saturated carbocycles. The minimum Gasteiger partial charge on any atom is -0.469 e. The van der Waals surface area contributed by atoms with Gasteiger partial charge in [-0.25, -0.2) is 8.93 Å². The van der Waals surface area contributed by atoms with Gasteiger partial charge in [0.25, 0.3) is 0 Å². The zero-order valence-electron chi connectivity index (χ0n) is 10.1. The van der Waals surface area contributed by atoms with Gasteiger partial charge in [-0.15, -0.1) is 0 Å². The molecule has 0 aliphatic carbocycles. The van der Waals surface area contributed by atoms with E-state index < -0.39 is 40.3 Å². The number of ether oxygens (including phenoxy) is 1. The molecule has 0 aliphatic rings. The van der Waals surface area contributed by atoms with Gasteiger partial charge in [0.1, 0.15) is 6.04 Å². The first-order chi connectivity index (χ1) is 7.48. The molecule has 4 nitrogen and oxygen atoms in total. The summed E-state index contributed by atoms with van der Waals surface area (Å²) < 4.78 is 54.4. The van der Waals surface area contributed by atoms with Gasteiger partial charge in [-0.3, -0.25) is 4.79 Å². The van der Waals surface area contributed by atoms with Crippen LogP contribution in [0.4, 0.5) is 13.2 Å². The second kappa shape index (κ2) is 5.81. The molecule has 102 valence electrons. The number of carbonyl (C=O) groups is 1. The Balaban J connectivity index is 4.74. The summed E-state index contributed by atoms with van der Waals surface area (Å²) in [7, 11) is -0.914. The highest BCUT2D eigenvalue weighted by molar-refractivity contribution is 7.84. The van der Waals surface area contributed by atoms with Crippen molar-refractivity contribution in [3.05, 3.63) is 0 Å². The van der Waals surface area contributed by atoms with Crippen molar-refractivity contribution in [2.75, 3.05) is 7.11 Å². The molecule has 1 unspecified atom stereocenters. The number of nitrogens with one attached hydrogen (secondary N) is 1. The second-order valence-electron chi connectivity index (χ2n) is 4.37. The highest BCUT2D eigenvalue weighted by atomic mass is 32.2. The lowest BCUT2D eigenvalue weighted by atomic mass is 10.2. The van der Waals surface area contributed by atoms with Crippen LogP contribution in [0.25, 0.3) is 0 Å². The van der Waals surface area contributed by atoms with Crippen LogP contribution in [0.1, 0.15) is 27.2 Å². The molecule has 0 aromatic heterocycles. The van der Waals surface area contributed by atoms with Crippen LogP contribution < -0.4 is 4.72 Å². The predicted molar refractivity (Wildman–Crippen MR) is 57.5 cm³/mol. The van der Waals surface area contributed by atoms with Crippen molar-refractivity contribution >= 4 is 17.0 Å². The number of halogens is 3. The molecule has 17 heavy (non-hydrogen) atoms. The van der Waals surface area contributed by atoms with Gasteiger partial charge in [0, 0.05) is 0 Å². The van der Waals surface area contributed by atoms with Gasteiger partial charge in [-0.05, 0) is 20.8 Å². The molecule has 0 saturated heterocycles. The summed E-state index contributed by atoms with van der Waals surface area (Å²) in [5, 5.41) is 0. The highest BCUT2D eigenvalue weighted by Crippen LogP contribution is 2.24. The monoisotopic (exact) mass is 275 g/mol. The fourth-order valence-corrected chi connectivity index (χ4v) is 1.61. The second-order valence-corrected chi connectivity index (χ2v) is 6.37. The van der Waals surface area contributed by atoms with Gasteiger partial charge < -0.3 is 4.74 Å². The molecule has 0 aliphatic heterocycles. The Bertz CT molecular complexity index is 299. The molecular formula is C9H16F3NO3S.